The van der Waals surface area contributed by atoms with E-state index < -0.39 is 0 Å². The number of hydrogen-bond acceptors (Lipinski definition) is 4. The molecule has 0 radical (unpaired) electrons. The van der Waals surface area contributed by atoms with Crippen LogP contribution < -0.4 is 10.3 Å². The zero-order valence-electron chi connectivity index (χ0n) is 16.2. The van der Waals surface area contributed by atoms with E-state index in [9.17, 15) is 9.90 Å². The third kappa shape index (κ3) is 2.18. The number of fused-ring (bicyclic) bond motifs is 8. The zero-order chi connectivity index (χ0) is 20.4. The van der Waals surface area contributed by atoms with Crippen LogP contribution >= 0.6 is 0 Å². The lowest BCUT2D eigenvalue weighted by atomic mass is 10.1. The molecular weight excluding hydrogens is 378 g/mol. The second-order valence-electron chi connectivity index (χ2n) is 7.46. The molecule has 146 valence electrons. The molecule has 0 atom stereocenters. The average Bonchev–Trinajstić information content (AvgIpc) is 3.45. The van der Waals surface area contributed by atoms with Crippen LogP contribution in [0.4, 0.5) is 0 Å². The fraction of sp³-hybridized carbons (Fsp3) is 0.0833. The van der Waals surface area contributed by atoms with Gasteiger partial charge in [0, 0.05) is 24.0 Å². The van der Waals surface area contributed by atoms with Crippen molar-refractivity contribution in [2.75, 3.05) is 0 Å². The molecule has 30 heavy (non-hydrogen) atoms. The number of aromatic hydroxyl groups is 1. The topological polar surface area (TPSA) is 68.8 Å². The minimum absolute atomic E-state index is 0.0519. The van der Waals surface area contributed by atoms with Crippen LogP contribution in [0, 0.1) is 0 Å². The predicted molar refractivity (Wildman–Crippen MR) is 117 cm³/mol. The van der Waals surface area contributed by atoms with Gasteiger partial charge in [-0.25, -0.2) is 4.98 Å². The lowest BCUT2D eigenvalue weighted by Gasteiger charge is -2.06. The van der Waals surface area contributed by atoms with Gasteiger partial charge in [0.05, 0.1) is 21.9 Å². The van der Waals surface area contributed by atoms with E-state index in [1.807, 2.05) is 71.3 Å². The molecule has 0 bridgehead atoms. The van der Waals surface area contributed by atoms with Crippen LogP contribution in [-0.2, 0) is 13.7 Å². The minimum Gasteiger partial charge on any atom is -0.493 e. The van der Waals surface area contributed by atoms with Crippen molar-refractivity contribution in [1.82, 2.24) is 14.0 Å². The number of pyridine rings is 1. The van der Waals surface area contributed by atoms with Gasteiger partial charge in [-0.1, -0.05) is 30.3 Å². The van der Waals surface area contributed by atoms with Crippen molar-refractivity contribution in [3.8, 4) is 11.6 Å². The van der Waals surface area contributed by atoms with E-state index in [0.29, 0.717) is 23.3 Å². The van der Waals surface area contributed by atoms with Crippen molar-refractivity contribution in [2.45, 2.75) is 6.61 Å². The molecule has 4 aromatic heterocycles. The van der Waals surface area contributed by atoms with E-state index in [1.54, 1.807) is 7.05 Å². The highest BCUT2D eigenvalue weighted by Gasteiger charge is 2.22. The van der Waals surface area contributed by atoms with Crippen molar-refractivity contribution >= 4 is 38.2 Å². The smallest absolute Gasteiger partial charge is 0.263 e. The van der Waals surface area contributed by atoms with E-state index in [1.165, 1.54) is 4.57 Å². The molecule has 0 fully saturated rings. The molecule has 4 heterocycles. The van der Waals surface area contributed by atoms with Gasteiger partial charge in [-0.3, -0.25) is 9.36 Å². The van der Waals surface area contributed by atoms with Gasteiger partial charge >= 0.3 is 0 Å². The Bertz CT molecular complexity index is 1630. The molecule has 0 saturated carbocycles. The van der Waals surface area contributed by atoms with E-state index in [0.717, 1.165) is 32.9 Å². The van der Waals surface area contributed by atoms with E-state index in [2.05, 4.69) is 0 Å². The Morgan fingerprint density at radius 2 is 1.87 bits per heavy atom. The SMILES string of the molecule is Cn1c(O)c2c(c1=O)c1c3cc(OCc4ccccc4)ccc3nc1c1cccn12. The summed E-state index contributed by atoms with van der Waals surface area (Å²) >= 11 is 0. The van der Waals surface area contributed by atoms with E-state index >= 15 is 0 Å². The summed E-state index contributed by atoms with van der Waals surface area (Å²) in [6, 6.07) is 19.5. The molecular formula is C24H17N3O3. The molecule has 6 aromatic rings. The highest BCUT2D eigenvalue weighted by atomic mass is 16.5. The summed E-state index contributed by atoms with van der Waals surface area (Å²) in [6.45, 7) is 0.454. The Balaban J connectivity index is 1.64. The normalized spacial score (nSPS) is 11.9. The summed E-state index contributed by atoms with van der Waals surface area (Å²) in [5.74, 6) is 0.653. The molecule has 0 saturated heterocycles. The number of hydrogen-bond donors (Lipinski definition) is 1. The Morgan fingerprint density at radius 1 is 1.03 bits per heavy atom. The van der Waals surface area contributed by atoms with Crippen molar-refractivity contribution in [3.63, 3.8) is 0 Å². The van der Waals surface area contributed by atoms with Gasteiger partial charge in [-0.2, -0.15) is 0 Å². The lowest BCUT2D eigenvalue weighted by molar-refractivity contribution is 0.306. The van der Waals surface area contributed by atoms with Gasteiger partial charge in [0.2, 0.25) is 5.88 Å². The third-order valence-corrected chi connectivity index (χ3v) is 5.72. The monoisotopic (exact) mass is 395 g/mol. The molecule has 6 heteroatoms. The van der Waals surface area contributed by atoms with Crippen LogP contribution in [-0.4, -0.2) is 19.1 Å². The Morgan fingerprint density at radius 3 is 2.70 bits per heavy atom. The number of nitrogens with zero attached hydrogens (tertiary/aromatic N) is 3. The maximum absolute atomic E-state index is 13.0. The van der Waals surface area contributed by atoms with Gasteiger partial charge < -0.3 is 14.2 Å². The lowest BCUT2D eigenvalue weighted by Crippen LogP contribution is -2.09. The summed E-state index contributed by atoms with van der Waals surface area (Å²) < 4.78 is 9.10. The first kappa shape index (κ1) is 16.9. The maximum atomic E-state index is 13.0. The molecule has 6 nitrogen and oxygen atoms in total. The summed E-state index contributed by atoms with van der Waals surface area (Å²) in [6.07, 6.45) is 1.84. The number of rotatable bonds is 3. The fourth-order valence-electron chi connectivity index (χ4n) is 4.24. The van der Waals surface area contributed by atoms with Crippen molar-refractivity contribution in [1.29, 1.82) is 0 Å². The quantitative estimate of drug-likeness (QED) is 0.487. The Kier molecular flexibility index (Phi) is 3.35. The van der Waals surface area contributed by atoms with Crippen LogP contribution in [0.3, 0.4) is 0 Å². The first-order valence-corrected chi connectivity index (χ1v) is 9.68. The molecule has 2 aromatic carbocycles. The first-order valence-electron chi connectivity index (χ1n) is 9.68. The van der Waals surface area contributed by atoms with Crippen molar-refractivity contribution < 1.29 is 9.84 Å². The molecule has 0 unspecified atom stereocenters. The van der Waals surface area contributed by atoms with E-state index in [4.69, 9.17) is 9.72 Å². The largest absolute Gasteiger partial charge is 0.493 e. The molecule has 0 aliphatic rings. The molecule has 6 rings (SSSR count). The Hall–Kier alpha value is -4.06. The van der Waals surface area contributed by atoms with Crippen molar-refractivity contribution in [2.24, 2.45) is 7.05 Å². The van der Waals surface area contributed by atoms with E-state index in [-0.39, 0.29) is 11.4 Å². The van der Waals surface area contributed by atoms with Crippen LogP contribution in [0.15, 0.2) is 71.7 Å². The van der Waals surface area contributed by atoms with Crippen molar-refractivity contribution in [3.05, 3.63) is 82.8 Å². The minimum atomic E-state index is -0.243. The first-order chi connectivity index (χ1) is 14.6. The van der Waals surface area contributed by atoms with Gasteiger partial charge in [0.1, 0.15) is 17.9 Å². The van der Waals surface area contributed by atoms with Gasteiger partial charge in [0.25, 0.3) is 5.56 Å². The summed E-state index contributed by atoms with van der Waals surface area (Å²) in [5, 5.41) is 12.7. The molecule has 1 N–H and O–H groups in total. The standard InChI is InChI=1S/C24H17N3O3/c1-26-23(28)20-19-16-12-15(30-13-14-6-3-2-4-7-14)9-10-17(16)25-21(19)18-8-5-11-27(18)22(20)24(26)29/h2-12,29H,13H2,1H3. The average molecular weight is 395 g/mol. The molecule has 0 aliphatic carbocycles. The van der Waals surface area contributed by atoms with Crippen LogP contribution in [0.25, 0.3) is 38.2 Å². The number of benzene rings is 2. The molecule has 0 amide bonds. The third-order valence-electron chi connectivity index (χ3n) is 5.72. The van der Waals surface area contributed by atoms with Gasteiger partial charge in [-0.05, 0) is 35.9 Å². The number of ether oxygens (including phenoxy) is 1. The van der Waals surface area contributed by atoms with Gasteiger partial charge in [-0.15, -0.1) is 0 Å². The second kappa shape index (κ2) is 5.97. The summed E-state index contributed by atoms with van der Waals surface area (Å²) in [7, 11) is 1.58. The number of aromatic nitrogens is 3. The van der Waals surface area contributed by atoms with Crippen LogP contribution in [0.5, 0.6) is 11.6 Å². The zero-order valence-corrected chi connectivity index (χ0v) is 16.2. The highest BCUT2D eigenvalue weighted by Crippen LogP contribution is 2.38. The summed E-state index contributed by atoms with van der Waals surface area (Å²) in [5.41, 5.74) is 3.71. The predicted octanol–water partition coefficient (Wildman–Crippen LogP) is 4.22. The highest BCUT2D eigenvalue weighted by molar-refractivity contribution is 6.24. The molecule has 0 aliphatic heterocycles. The van der Waals surface area contributed by atoms with Crippen LogP contribution in [0.2, 0.25) is 0 Å². The van der Waals surface area contributed by atoms with Gasteiger partial charge in [0.15, 0.2) is 0 Å². The fourth-order valence-corrected chi connectivity index (χ4v) is 4.24. The summed E-state index contributed by atoms with van der Waals surface area (Å²) in [4.78, 5) is 17.8. The second-order valence-corrected chi connectivity index (χ2v) is 7.46. The molecule has 0 spiro atoms. The maximum Gasteiger partial charge on any atom is 0.263 e. The Labute approximate surface area is 170 Å². The van der Waals surface area contributed by atoms with Crippen LogP contribution in [0.1, 0.15) is 5.56 Å².